The van der Waals surface area contributed by atoms with Crippen LogP contribution in [-0.2, 0) is 6.18 Å². The summed E-state index contributed by atoms with van der Waals surface area (Å²) in [5.41, 5.74) is 0.337. The van der Waals surface area contributed by atoms with Crippen LogP contribution in [-0.4, -0.2) is 25.5 Å². The lowest BCUT2D eigenvalue weighted by Gasteiger charge is -2.22. The lowest BCUT2D eigenvalue weighted by Crippen LogP contribution is -2.18. The fourth-order valence-corrected chi connectivity index (χ4v) is 2.22. The fourth-order valence-electron chi connectivity index (χ4n) is 2.22. The van der Waals surface area contributed by atoms with Gasteiger partial charge in [-0.2, -0.15) is 13.2 Å². The number of halogens is 3. The molecule has 0 aromatic heterocycles. The molecule has 0 N–H and O–H groups in total. The van der Waals surface area contributed by atoms with Gasteiger partial charge in [0.05, 0.1) is 5.56 Å². The Balaban J connectivity index is 0.00000151. The first kappa shape index (κ1) is 21.0. The number of hydrogen-bond donors (Lipinski definition) is 0. The van der Waals surface area contributed by atoms with Crippen LogP contribution in [0.25, 0.3) is 0 Å². The first-order valence-corrected chi connectivity index (χ1v) is 8.40. The zero-order valence-electron chi connectivity index (χ0n) is 15.2. The van der Waals surface area contributed by atoms with Gasteiger partial charge in [-0.05, 0) is 43.9 Å². The molecule has 0 saturated carbocycles. The molecule has 0 heterocycles. The molecule has 2 aromatic rings. The van der Waals surface area contributed by atoms with Gasteiger partial charge in [-0.15, -0.1) is 0 Å². The molecular weight excluding hydrogens is 327 g/mol. The minimum absolute atomic E-state index is 0.199. The van der Waals surface area contributed by atoms with Crippen molar-refractivity contribution in [2.45, 2.75) is 32.5 Å². The number of benzene rings is 2. The van der Waals surface area contributed by atoms with Crippen LogP contribution < -0.4 is 4.74 Å². The molecule has 0 aliphatic carbocycles. The summed E-state index contributed by atoms with van der Waals surface area (Å²) in [7, 11) is 3.94. The van der Waals surface area contributed by atoms with Crippen LogP contribution >= 0.6 is 0 Å². The number of ether oxygens (including phenoxy) is 1. The van der Waals surface area contributed by atoms with Crippen molar-refractivity contribution in [2.24, 2.45) is 0 Å². The van der Waals surface area contributed by atoms with Crippen molar-refractivity contribution < 1.29 is 17.9 Å². The van der Waals surface area contributed by atoms with E-state index in [0.717, 1.165) is 30.7 Å². The molecule has 2 nitrogen and oxygen atoms in total. The van der Waals surface area contributed by atoms with E-state index in [2.05, 4.69) is 0 Å². The van der Waals surface area contributed by atoms with Crippen LogP contribution in [0, 0.1) is 0 Å². The Morgan fingerprint density at radius 3 is 1.96 bits per heavy atom. The van der Waals surface area contributed by atoms with Gasteiger partial charge in [0.15, 0.2) is 0 Å². The molecule has 0 bridgehead atoms. The molecule has 0 fully saturated rings. The molecule has 5 heteroatoms. The maximum Gasteiger partial charge on any atom is 0.416 e. The third kappa shape index (κ3) is 7.18. The average molecular weight is 353 g/mol. The minimum Gasteiger partial charge on any atom is -0.486 e. The Hall–Kier alpha value is -2.01. The molecule has 2 rings (SSSR count). The van der Waals surface area contributed by atoms with Gasteiger partial charge in [0.25, 0.3) is 0 Å². The molecule has 0 aliphatic heterocycles. The molecule has 2 aromatic carbocycles. The highest BCUT2D eigenvalue weighted by Gasteiger charge is 2.30. The Kier molecular flexibility index (Phi) is 8.49. The highest BCUT2D eigenvalue weighted by atomic mass is 19.4. The molecule has 0 saturated heterocycles. The quantitative estimate of drug-likeness (QED) is 0.650. The second-order valence-corrected chi connectivity index (χ2v) is 5.63. The normalized spacial score (nSPS) is 12.3. The van der Waals surface area contributed by atoms with Crippen molar-refractivity contribution in [1.29, 1.82) is 0 Å². The van der Waals surface area contributed by atoms with E-state index >= 15 is 0 Å². The Morgan fingerprint density at radius 1 is 0.920 bits per heavy atom. The van der Waals surface area contributed by atoms with E-state index in [9.17, 15) is 13.2 Å². The third-order valence-electron chi connectivity index (χ3n) is 3.47. The number of rotatable bonds is 6. The second kappa shape index (κ2) is 10.1. The van der Waals surface area contributed by atoms with Crippen LogP contribution in [0.2, 0.25) is 0 Å². The zero-order chi connectivity index (χ0) is 18.9. The Morgan fingerprint density at radius 2 is 1.48 bits per heavy atom. The van der Waals surface area contributed by atoms with E-state index in [1.54, 1.807) is 0 Å². The molecule has 25 heavy (non-hydrogen) atoms. The summed E-state index contributed by atoms with van der Waals surface area (Å²) >= 11 is 0. The van der Waals surface area contributed by atoms with Crippen molar-refractivity contribution >= 4 is 0 Å². The van der Waals surface area contributed by atoms with Crippen LogP contribution in [0.5, 0.6) is 5.75 Å². The van der Waals surface area contributed by atoms with Gasteiger partial charge in [-0.25, -0.2) is 0 Å². The lowest BCUT2D eigenvalue weighted by atomic mass is 10.1. The largest absolute Gasteiger partial charge is 0.486 e. The van der Waals surface area contributed by atoms with Gasteiger partial charge < -0.3 is 9.64 Å². The maximum atomic E-state index is 12.6. The van der Waals surface area contributed by atoms with E-state index in [-0.39, 0.29) is 6.10 Å². The highest BCUT2D eigenvalue weighted by molar-refractivity contribution is 5.30. The van der Waals surface area contributed by atoms with Gasteiger partial charge in [-0.1, -0.05) is 44.2 Å². The van der Waals surface area contributed by atoms with E-state index in [0.29, 0.717) is 5.75 Å². The topological polar surface area (TPSA) is 12.5 Å². The molecule has 0 amide bonds. The number of nitrogens with zero attached hydrogens (tertiary/aromatic N) is 1. The smallest absolute Gasteiger partial charge is 0.416 e. The van der Waals surface area contributed by atoms with Crippen molar-refractivity contribution in [3.8, 4) is 5.75 Å². The van der Waals surface area contributed by atoms with Gasteiger partial charge in [0.2, 0.25) is 0 Å². The van der Waals surface area contributed by atoms with Crippen molar-refractivity contribution in [1.82, 2.24) is 4.90 Å². The van der Waals surface area contributed by atoms with Crippen molar-refractivity contribution in [3.05, 3.63) is 65.7 Å². The second-order valence-electron chi connectivity index (χ2n) is 5.63. The van der Waals surface area contributed by atoms with E-state index in [4.69, 9.17) is 4.74 Å². The van der Waals surface area contributed by atoms with Crippen molar-refractivity contribution in [3.63, 3.8) is 0 Å². The Labute approximate surface area is 148 Å². The minimum atomic E-state index is -4.33. The molecule has 0 radical (unpaired) electrons. The van der Waals surface area contributed by atoms with Gasteiger partial charge >= 0.3 is 6.18 Å². The third-order valence-corrected chi connectivity index (χ3v) is 3.47. The predicted octanol–water partition coefficient (Wildman–Crippen LogP) is 5.80. The molecule has 0 spiro atoms. The summed E-state index contributed by atoms with van der Waals surface area (Å²) in [5, 5.41) is 0. The summed E-state index contributed by atoms with van der Waals surface area (Å²) in [4.78, 5) is 2.05. The average Bonchev–Trinajstić information content (AvgIpc) is 2.60. The van der Waals surface area contributed by atoms with Crippen LogP contribution in [0.4, 0.5) is 13.2 Å². The van der Waals surface area contributed by atoms with Gasteiger partial charge in [0.1, 0.15) is 11.9 Å². The summed E-state index contributed by atoms with van der Waals surface area (Å²) in [5.74, 6) is 0.436. The standard InChI is InChI=1S/C18H20F3NO.C2H6/c1-22(2)13-12-17(14-6-4-3-5-7-14)23-16-10-8-15(9-11-16)18(19,20)21;1-2/h3-11,17H,12-13H2,1-2H3;1-2H3. The zero-order valence-corrected chi connectivity index (χ0v) is 15.2. The summed E-state index contributed by atoms with van der Waals surface area (Å²) in [6.07, 6.45) is -3.78. The lowest BCUT2D eigenvalue weighted by molar-refractivity contribution is -0.137. The van der Waals surface area contributed by atoms with Gasteiger partial charge in [-0.3, -0.25) is 0 Å². The highest BCUT2D eigenvalue weighted by Crippen LogP contribution is 2.31. The van der Waals surface area contributed by atoms with Crippen LogP contribution in [0.3, 0.4) is 0 Å². The SMILES string of the molecule is CC.CN(C)CCC(Oc1ccc(C(F)(F)F)cc1)c1ccccc1. The first-order chi connectivity index (χ1) is 11.9. The predicted molar refractivity (Wildman–Crippen MR) is 95.8 cm³/mol. The van der Waals surface area contributed by atoms with E-state index in [1.165, 1.54) is 12.1 Å². The molecule has 138 valence electrons. The molecule has 1 atom stereocenters. The fraction of sp³-hybridized carbons (Fsp3) is 0.400. The molecule has 1 unspecified atom stereocenters. The first-order valence-electron chi connectivity index (χ1n) is 8.40. The van der Waals surface area contributed by atoms with Gasteiger partial charge in [0, 0.05) is 13.0 Å². The number of hydrogen-bond acceptors (Lipinski definition) is 2. The van der Waals surface area contributed by atoms with Crippen LogP contribution in [0.15, 0.2) is 54.6 Å². The monoisotopic (exact) mass is 353 g/mol. The Bertz CT molecular complexity index is 595. The maximum absolute atomic E-state index is 12.6. The molecule has 0 aliphatic rings. The summed E-state index contributed by atoms with van der Waals surface area (Å²) < 4.78 is 43.8. The van der Waals surface area contributed by atoms with E-state index in [1.807, 2.05) is 63.2 Å². The number of alkyl halides is 3. The van der Waals surface area contributed by atoms with E-state index < -0.39 is 11.7 Å². The van der Waals surface area contributed by atoms with Crippen molar-refractivity contribution in [2.75, 3.05) is 20.6 Å². The summed E-state index contributed by atoms with van der Waals surface area (Å²) in [6, 6.07) is 14.5. The summed E-state index contributed by atoms with van der Waals surface area (Å²) in [6.45, 7) is 4.82. The molecular formula is C20H26F3NO. The van der Waals surface area contributed by atoms with Crippen LogP contribution in [0.1, 0.15) is 37.5 Å².